The van der Waals surface area contributed by atoms with Gasteiger partial charge in [-0.1, -0.05) is 18.2 Å². The zero-order chi connectivity index (χ0) is 11.7. The van der Waals surface area contributed by atoms with Gasteiger partial charge in [-0.15, -0.1) is 0 Å². The predicted octanol–water partition coefficient (Wildman–Crippen LogP) is 2.94. The first-order valence-electron chi connectivity index (χ1n) is 6.35. The molecule has 1 fully saturated rings. The summed E-state index contributed by atoms with van der Waals surface area (Å²) in [5, 5.41) is 11.1. The van der Waals surface area contributed by atoms with Gasteiger partial charge >= 0.3 is 0 Å². The average Bonchev–Trinajstić information content (AvgIpc) is 3.20. The van der Waals surface area contributed by atoms with E-state index in [0.717, 1.165) is 18.4 Å². The van der Waals surface area contributed by atoms with E-state index in [1.807, 2.05) is 24.4 Å². The van der Waals surface area contributed by atoms with E-state index in [9.17, 15) is 5.11 Å². The molecule has 1 unspecified atom stereocenters. The molecule has 0 radical (unpaired) electrons. The van der Waals surface area contributed by atoms with Gasteiger partial charge in [0.25, 0.3) is 0 Å². The molecule has 1 N–H and O–H groups in total. The van der Waals surface area contributed by atoms with Crippen LogP contribution in [0.5, 0.6) is 0 Å². The van der Waals surface area contributed by atoms with Crippen molar-refractivity contribution in [3.8, 4) is 0 Å². The van der Waals surface area contributed by atoms with E-state index in [1.54, 1.807) is 0 Å². The minimum Gasteiger partial charge on any atom is -0.393 e. The Labute approximate surface area is 101 Å². The Bertz CT molecular complexity index is 514. The maximum absolute atomic E-state index is 9.91. The summed E-state index contributed by atoms with van der Waals surface area (Å²) in [5.74, 6) is 0.572. The zero-order valence-electron chi connectivity index (χ0n) is 9.84. The highest BCUT2D eigenvalue weighted by molar-refractivity contribution is 5.81. The Kier molecular flexibility index (Phi) is 2.81. The second kappa shape index (κ2) is 4.46. The van der Waals surface area contributed by atoms with Crippen molar-refractivity contribution >= 4 is 10.9 Å². The van der Waals surface area contributed by atoms with Gasteiger partial charge < -0.3 is 5.11 Å². The molecule has 17 heavy (non-hydrogen) atoms. The molecule has 3 rings (SSSR count). The maximum atomic E-state index is 9.91. The third kappa shape index (κ3) is 2.32. The van der Waals surface area contributed by atoms with Crippen LogP contribution >= 0.6 is 0 Å². The van der Waals surface area contributed by atoms with E-state index in [0.29, 0.717) is 5.92 Å². The Morgan fingerprint density at radius 3 is 2.94 bits per heavy atom. The summed E-state index contributed by atoms with van der Waals surface area (Å²) in [6.07, 6.45) is 5.95. The van der Waals surface area contributed by atoms with Crippen molar-refractivity contribution < 1.29 is 5.11 Å². The average molecular weight is 227 g/mol. The summed E-state index contributed by atoms with van der Waals surface area (Å²) >= 11 is 0. The summed E-state index contributed by atoms with van der Waals surface area (Å²) in [4.78, 5) is 4.35. The summed E-state index contributed by atoms with van der Waals surface area (Å²) in [6, 6.07) is 10.3. The van der Waals surface area contributed by atoms with Crippen molar-refractivity contribution in [2.24, 2.45) is 5.92 Å². The highest BCUT2D eigenvalue weighted by Crippen LogP contribution is 2.34. The molecular formula is C15H17NO. The maximum Gasteiger partial charge on any atom is 0.0704 e. The Hall–Kier alpha value is -1.41. The first-order chi connectivity index (χ1) is 8.34. The van der Waals surface area contributed by atoms with Gasteiger partial charge in [-0.3, -0.25) is 4.98 Å². The summed E-state index contributed by atoms with van der Waals surface area (Å²) in [7, 11) is 0. The van der Waals surface area contributed by atoms with Gasteiger partial charge in [0, 0.05) is 11.6 Å². The molecule has 2 heteroatoms. The molecule has 0 amide bonds. The second-order valence-electron chi connectivity index (χ2n) is 4.93. The fraction of sp³-hybridized carbons (Fsp3) is 0.400. The van der Waals surface area contributed by atoms with Crippen molar-refractivity contribution in [3.05, 3.63) is 42.1 Å². The number of aryl methyl sites for hydroxylation is 1. The zero-order valence-corrected chi connectivity index (χ0v) is 9.84. The van der Waals surface area contributed by atoms with Crippen LogP contribution in [-0.4, -0.2) is 16.2 Å². The van der Waals surface area contributed by atoms with Gasteiger partial charge in [0.2, 0.25) is 0 Å². The quantitative estimate of drug-likeness (QED) is 0.871. The minimum absolute atomic E-state index is 0.109. The number of hydrogen-bond acceptors (Lipinski definition) is 2. The van der Waals surface area contributed by atoms with Crippen LogP contribution in [0.1, 0.15) is 24.8 Å². The molecule has 0 spiro atoms. The molecule has 2 nitrogen and oxygen atoms in total. The fourth-order valence-electron chi connectivity index (χ4n) is 2.41. The third-order valence-corrected chi connectivity index (χ3v) is 3.61. The van der Waals surface area contributed by atoms with Gasteiger partial charge in [-0.25, -0.2) is 0 Å². The van der Waals surface area contributed by atoms with E-state index < -0.39 is 0 Å². The Balaban J connectivity index is 1.79. The van der Waals surface area contributed by atoms with Crippen molar-refractivity contribution in [2.45, 2.75) is 31.8 Å². The first-order valence-corrected chi connectivity index (χ1v) is 6.35. The van der Waals surface area contributed by atoms with E-state index in [2.05, 4.69) is 17.1 Å². The monoisotopic (exact) mass is 227 g/mol. The van der Waals surface area contributed by atoms with Crippen molar-refractivity contribution in [1.82, 2.24) is 4.98 Å². The number of nitrogens with zero attached hydrogens (tertiary/aromatic N) is 1. The molecule has 1 aliphatic carbocycles. The molecule has 1 aliphatic rings. The van der Waals surface area contributed by atoms with Crippen LogP contribution in [0.3, 0.4) is 0 Å². The highest BCUT2D eigenvalue weighted by atomic mass is 16.3. The number of pyridine rings is 1. The van der Waals surface area contributed by atoms with Gasteiger partial charge in [-0.2, -0.15) is 0 Å². The molecule has 1 aromatic heterocycles. The number of aliphatic hydroxyl groups is 1. The van der Waals surface area contributed by atoms with E-state index >= 15 is 0 Å². The molecule has 88 valence electrons. The lowest BCUT2D eigenvalue weighted by molar-refractivity contribution is 0.142. The molecule has 1 atom stereocenters. The molecule has 0 saturated heterocycles. The first kappa shape index (κ1) is 10.7. The summed E-state index contributed by atoms with van der Waals surface area (Å²) < 4.78 is 0. The standard InChI is InChI=1S/C15H17NO/c17-15(12-6-7-12)9-8-11-3-1-5-14-13(11)4-2-10-16-14/h1-5,10,12,15,17H,6-9H2. The van der Waals surface area contributed by atoms with Crippen LogP contribution in [0.25, 0.3) is 10.9 Å². The Morgan fingerprint density at radius 2 is 2.12 bits per heavy atom. The topological polar surface area (TPSA) is 33.1 Å². The second-order valence-corrected chi connectivity index (χ2v) is 4.93. The van der Waals surface area contributed by atoms with Crippen LogP contribution < -0.4 is 0 Å². The van der Waals surface area contributed by atoms with E-state index in [1.165, 1.54) is 23.8 Å². The summed E-state index contributed by atoms with van der Waals surface area (Å²) in [6.45, 7) is 0. The van der Waals surface area contributed by atoms with Gasteiger partial charge in [0.05, 0.1) is 11.6 Å². The van der Waals surface area contributed by atoms with Crippen LogP contribution in [-0.2, 0) is 6.42 Å². The van der Waals surface area contributed by atoms with Crippen molar-refractivity contribution in [2.75, 3.05) is 0 Å². The van der Waals surface area contributed by atoms with E-state index in [4.69, 9.17) is 0 Å². The molecule has 2 aromatic rings. The van der Waals surface area contributed by atoms with Crippen LogP contribution in [0.2, 0.25) is 0 Å². The number of aromatic nitrogens is 1. The van der Waals surface area contributed by atoms with Crippen LogP contribution in [0.4, 0.5) is 0 Å². The lowest BCUT2D eigenvalue weighted by Gasteiger charge is -2.10. The number of rotatable bonds is 4. The smallest absolute Gasteiger partial charge is 0.0704 e. The van der Waals surface area contributed by atoms with Crippen LogP contribution in [0, 0.1) is 5.92 Å². The predicted molar refractivity (Wildman–Crippen MR) is 68.8 cm³/mol. The number of hydrogen-bond donors (Lipinski definition) is 1. The molecular weight excluding hydrogens is 210 g/mol. The lowest BCUT2D eigenvalue weighted by Crippen LogP contribution is -2.10. The van der Waals surface area contributed by atoms with E-state index in [-0.39, 0.29) is 6.10 Å². The molecule has 1 heterocycles. The van der Waals surface area contributed by atoms with Crippen LogP contribution in [0.15, 0.2) is 36.5 Å². The number of benzene rings is 1. The molecule has 1 aromatic carbocycles. The van der Waals surface area contributed by atoms with Gasteiger partial charge in [0.1, 0.15) is 0 Å². The SMILES string of the molecule is OC(CCc1cccc2ncccc12)C1CC1. The minimum atomic E-state index is -0.109. The lowest BCUT2D eigenvalue weighted by atomic mass is 10.0. The Morgan fingerprint density at radius 1 is 1.24 bits per heavy atom. The molecule has 0 bridgehead atoms. The summed E-state index contributed by atoms with van der Waals surface area (Å²) in [5.41, 5.74) is 2.35. The van der Waals surface area contributed by atoms with Crippen molar-refractivity contribution in [1.29, 1.82) is 0 Å². The largest absolute Gasteiger partial charge is 0.393 e. The number of aliphatic hydroxyl groups excluding tert-OH is 1. The normalized spacial score (nSPS) is 17.2. The highest BCUT2D eigenvalue weighted by Gasteiger charge is 2.29. The number of fused-ring (bicyclic) bond motifs is 1. The third-order valence-electron chi connectivity index (χ3n) is 3.61. The van der Waals surface area contributed by atoms with Gasteiger partial charge in [0.15, 0.2) is 0 Å². The van der Waals surface area contributed by atoms with Gasteiger partial charge in [-0.05, 0) is 49.3 Å². The van der Waals surface area contributed by atoms with Crippen molar-refractivity contribution in [3.63, 3.8) is 0 Å². The molecule has 0 aliphatic heterocycles. The molecule has 1 saturated carbocycles. The fourth-order valence-corrected chi connectivity index (χ4v) is 2.41.